The van der Waals surface area contributed by atoms with Gasteiger partial charge in [-0.3, -0.25) is 9.59 Å². The van der Waals surface area contributed by atoms with E-state index in [-0.39, 0.29) is 12.3 Å². The number of amides is 1. The molecule has 0 saturated carbocycles. The number of anilines is 1. The van der Waals surface area contributed by atoms with Gasteiger partial charge in [-0.2, -0.15) is 0 Å². The molecule has 0 saturated heterocycles. The molecule has 0 aromatic heterocycles. The van der Waals surface area contributed by atoms with Crippen LogP contribution in [0.2, 0.25) is 0 Å². The number of methoxy groups -OCH3 is 1. The summed E-state index contributed by atoms with van der Waals surface area (Å²) in [4.78, 5) is 22.2. The van der Waals surface area contributed by atoms with Crippen molar-refractivity contribution in [2.45, 2.75) is 20.3 Å². The molecule has 0 fully saturated rings. The van der Waals surface area contributed by atoms with Gasteiger partial charge in [-0.15, -0.1) is 0 Å². The summed E-state index contributed by atoms with van der Waals surface area (Å²) in [6, 6.07) is 5.59. The highest BCUT2D eigenvalue weighted by Gasteiger charge is 2.09. The van der Waals surface area contributed by atoms with Gasteiger partial charge in [0.1, 0.15) is 6.42 Å². The molecule has 0 radical (unpaired) electrons. The molecule has 4 nitrogen and oxygen atoms in total. The van der Waals surface area contributed by atoms with Crippen molar-refractivity contribution in [2.24, 2.45) is 0 Å². The maximum absolute atomic E-state index is 11.4. The predicted molar refractivity (Wildman–Crippen MR) is 61.2 cm³/mol. The third-order valence-corrected chi connectivity index (χ3v) is 2.32. The lowest BCUT2D eigenvalue weighted by molar-refractivity contribution is -0.142. The smallest absolute Gasteiger partial charge is 0.315 e. The molecule has 1 rings (SSSR count). The van der Waals surface area contributed by atoms with Crippen molar-refractivity contribution >= 4 is 17.6 Å². The zero-order valence-corrected chi connectivity index (χ0v) is 9.66. The molecule has 0 spiro atoms. The number of nitrogens with one attached hydrogen (secondary N) is 1. The van der Waals surface area contributed by atoms with Crippen molar-refractivity contribution in [3.63, 3.8) is 0 Å². The van der Waals surface area contributed by atoms with Crippen LogP contribution in [0.5, 0.6) is 0 Å². The molecule has 0 aliphatic carbocycles. The molecule has 0 unspecified atom stereocenters. The molecular formula is C12H15NO3. The van der Waals surface area contributed by atoms with Gasteiger partial charge in [0, 0.05) is 5.69 Å². The molecule has 0 aliphatic heterocycles. The van der Waals surface area contributed by atoms with Crippen LogP contribution in [-0.4, -0.2) is 19.0 Å². The van der Waals surface area contributed by atoms with E-state index in [0.29, 0.717) is 5.69 Å². The third-order valence-electron chi connectivity index (χ3n) is 2.32. The van der Waals surface area contributed by atoms with E-state index in [1.165, 1.54) is 7.11 Å². The van der Waals surface area contributed by atoms with Gasteiger partial charge in [0.2, 0.25) is 5.91 Å². The Morgan fingerprint density at radius 1 is 1.25 bits per heavy atom. The van der Waals surface area contributed by atoms with Crippen LogP contribution in [0.15, 0.2) is 18.2 Å². The Bertz CT molecular complexity index is 413. The van der Waals surface area contributed by atoms with Crippen LogP contribution in [0.3, 0.4) is 0 Å². The van der Waals surface area contributed by atoms with Crippen molar-refractivity contribution in [3.8, 4) is 0 Å². The molecule has 1 aromatic carbocycles. The van der Waals surface area contributed by atoms with E-state index in [1.54, 1.807) is 6.07 Å². The van der Waals surface area contributed by atoms with Gasteiger partial charge in [0.15, 0.2) is 0 Å². The number of esters is 1. The highest BCUT2D eigenvalue weighted by Crippen LogP contribution is 2.14. The first-order valence-corrected chi connectivity index (χ1v) is 4.97. The molecule has 0 aliphatic rings. The van der Waals surface area contributed by atoms with Crippen molar-refractivity contribution in [1.29, 1.82) is 0 Å². The summed E-state index contributed by atoms with van der Waals surface area (Å²) >= 11 is 0. The average Bonchev–Trinajstić information content (AvgIpc) is 2.23. The normalized spacial score (nSPS) is 9.69. The number of hydrogen-bond acceptors (Lipinski definition) is 3. The molecule has 86 valence electrons. The van der Waals surface area contributed by atoms with Crippen molar-refractivity contribution in [3.05, 3.63) is 29.3 Å². The van der Waals surface area contributed by atoms with Crippen LogP contribution in [0.1, 0.15) is 17.5 Å². The first kappa shape index (κ1) is 12.2. The summed E-state index contributed by atoms with van der Waals surface area (Å²) in [7, 11) is 1.26. The lowest BCUT2D eigenvalue weighted by atomic mass is 10.1. The van der Waals surface area contributed by atoms with E-state index >= 15 is 0 Å². The number of hydrogen-bond donors (Lipinski definition) is 1. The zero-order chi connectivity index (χ0) is 12.1. The van der Waals surface area contributed by atoms with Crippen LogP contribution < -0.4 is 5.32 Å². The van der Waals surface area contributed by atoms with Crippen LogP contribution in [-0.2, 0) is 14.3 Å². The Hall–Kier alpha value is -1.84. The number of benzene rings is 1. The minimum atomic E-state index is -0.540. The van der Waals surface area contributed by atoms with Crippen LogP contribution in [0.25, 0.3) is 0 Å². The summed E-state index contributed by atoms with van der Waals surface area (Å²) in [6.45, 7) is 3.96. The molecule has 16 heavy (non-hydrogen) atoms. The number of rotatable bonds is 3. The maximum Gasteiger partial charge on any atom is 0.315 e. The third kappa shape index (κ3) is 3.38. The van der Waals surface area contributed by atoms with Crippen LogP contribution in [0, 0.1) is 13.8 Å². The molecule has 0 atom stereocenters. The minimum Gasteiger partial charge on any atom is -0.469 e. The number of carbonyl (C=O) groups is 2. The van der Waals surface area contributed by atoms with E-state index in [9.17, 15) is 9.59 Å². The van der Waals surface area contributed by atoms with Crippen LogP contribution in [0.4, 0.5) is 5.69 Å². The van der Waals surface area contributed by atoms with Crippen molar-refractivity contribution in [1.82, 2.24) is 0 Å². The summed E-state index contributed by atoms with van der Waals surface area (Å²) < 4.78 is 4.40. The molecule has 1 N–H and O–H groups in total. The minimum absolute atomic E-state index is 0.260. The molecule has 0 heterocycles. The fourth-order valence-corrected chi connectivity index (χ4v) is 1.23. The van der Waals surface area contributed by atoms with Gasteiger partial charge < -0.3 is 10.1 Å². The van der Waals surface area contributed by atoms with Gasteiger partial charge in [-0.25, -0.2) is 0 Å². The number of carbonyl (C=O) groups excluding carboxylic acids is 2. The summed E-state index contributed by atoms with van der Waals surface area (Å²) in [6.07, 6.45) is -0.260. The Balaban J connectivity index is 2.63. The van der Waals surface area contributed by atoms with E-state index in [0.717, 1.165) is 11.1 Å². The van der Waals surface area contributed by atoms with Gasteiger partial charge >= 0.3 is 5.97 Å². The van der Waals surface area contributed by atoms with E-state index in [1.807, 2.05) is 26.0 Å². The first-order chi connectivity index (χ1) is 7.52. The number of ether oxygens (including phenoxy) is 1. The van der Waals surface area contributed by atoms with Gasteiger partial charge in [-0.1, -0.05) is 6.07 Å². The van der Waals surface area contributed by atoms with Gasteiger partial charge in [0.25, 0.3) is 0 Å². The Kier molecular flexibility index (Phi) is 4.05. The lowest BCUT2D eigenvalue weighted by Gasteiger charge is -2.06. The fourth-order valence-electron chi connectivity index (χ4n) is 1.23. The standard InChI is InChI=1S/C12H15NO3/c1-8-4-5-10(6-9(8)2)13-11(14)7-12(15)16-3/h4-6H,7H2,1-3H3,(H,13,14). The monoisotopic (exact) mass is 221 g/mol. The summed E-state index contributed by atoms with van der Waals surface area (Å²) in [5.74, 6) is -0.906. The molecule has 1 aromatic rings. The average molecular weight is 221 g/mol. The molecule has 1 amide bonds. The topological polar surface area (TPSA) is 55.4 Å². The SMILES string of the molecule is COC(=O)CC(=O)Nc1ccc(C)c(C)c1. The zero-order valence-electron chi connectivity index (χ0n) is 9.66. The van der Waals surface area contributed by atoms with Gasteiger partial charge in [0.05, 0.1) is 7.11 Å². The summed E-state index contributed by atoms with van der Waals surface area (Å²) in [5, 5.41) is 2.64. The molecule has 4 heteroatoms. The first-order valence-electron chi connectivity index (χ1n) is 4.97. The largest absolute Gasteiger partial charge is 0.469 e. The Morgan fingerprint density at radius 2 is 1.94 bits per heavy atom. The second kappa shape index (κ2) is 5.30. The van der Waals surface area contributed by atoms with E-state index in [4.69, 9.17) is 0 Å². The van der Waals surface area contributed by atoms with E-state index in [2.05, 4.69) is 10.1 Å². The highest BCUT2D eigenvalue weighted by atomic mass is 16.5. The van der Waals surface area contributed by atoms with E-state index < -0.39 is 5.97 Å². The fraction of sp³-hybridized carbons (Fsp3) is 0.333. The van der Waals surface area contributed by atoms with Crippen LogP contribution >= 0.6 is 0 Å². The second-order valence-electron chi connectivity index (χ2n) is 3.60. The second-order valence-corrected chi connectivity index (χ2v) is 3.60. The lowest BCUT2D eigenvalue weighted by Crippen LogP contribution is -2.17. The Labute approximate surface area is 94.6 Å². The van der Waals surface area contributed by atoms with Gasteiger partial charge in [-0.05, 0) is 37.1 Å². The maximum atomic E-state index is 11.4. The van der Waals surface area contributed by atoms with Crippen molar-refractivity contribution in [2.75, 3.05) is 12.4 Å². The quantitative estimate of drug-likeness (QED) is 0.625. The molecule has 0 bridgehead atoms. The van der Waals surface area contributed by atoms with Crippen molar-refractivity contribution < 1.29 is 14.3 Å². The molecular weight excluding hydrogens is 206 g/mol. The highest BCUT2D eigenvalue weighted by molar-refractivity contribution is 6.01. The predicted octanol–water partition coefficient (Wildman–Crippen LogP) is 1.81. The number of aryl methyl sites for hydroxylation is 2. The Morgan fingerprint density at radius 3 is 2.50 bits per heavy atom. The summed E-state index contributed by atoms with van der Waals surface area (Å²) in [5.41, 5.74) is 2.94.